The Balaban J connectivity index is 0.716. The van der Waals surface area contributed by atoms with Crippen LogP contribution >= 0.6 is 0 Å². The van der Waals surface area contributed by atoms with Gasteiger partial charge in [0.25, 0.3) is 11.8 Å². The number of nitrogens with zero attached hydrogens (tertiary/aromatic N) is 6. The molecule has 0 aliphatic carbocycles. The van der Waals surface area contributed by atoms with Gasteiger partial charge in [-0.3, -0.25) is 29.3 Å². The number of hydrogen-bond donors (Lipinski definition) is 4. The van der Waals surface area contributed by atoms with Gasteiger partial charge in [0.15, 0.2) is 11.6 Å². The summed E-state index contributed by atoms with van der Waals surface area (Å²) in [6, 6.07) is 20.9. The standard InChI is InChI=1S/C46H52N10O8/c1-30(50-44(59)32-9-6-10-33(25-32)48-26-40-53-54-43(55(40)2)38-19-20-47-29-49-38)31-13-15-34(16-14-31)64-24-5-3-4-21-62-22-8-23-63-28-42(58)51-37-12-7-11-35-36(37)27-56(46(35)61)39-17-18-41(57)52-45(39)60/h6-7,9-16,19-20,25,29-30,39,48H,3-5,8,17-18,21-24,26-28H2,1-2H3,(H,50,59)(H,51,58)(H,52,57,60)/t30-,39?/m0/s1. The first kappa shape index (κ1) is 45.0. The highest BCUT2D eigenvalue weighted by Gasteiger charge is 2.40. The molecule has 1 unspecified atom stereocenters. The van der Waals surface area contributed by atoms with E-state index >= 15 is 0 Å². The van der Waals surface area contributed by atoms with Gasteiger partial charge in [0.2, 0.25) is 17.7 Å². The number of benzene rings is 3. The second-order valence-electron chi connectivity index (χ2n) is 15.5. The van der Waals surface area contributed by atoms with Crippen molar-refractivity contribution in [3.8, 4) is 17.3 Å². The Morgan fingerprint density at radius 2 is 1.70 bits per heavy atom. The summed E-state index contributed by atoms with van der Waals surface area (Å²) in [6.07, 6.45) is 6.91. The highest BCUT2D eigenvalue weighted by Crippen LogP contribution is 2.32. The summed E-state index contributed by atoms with van der Waals surface area (Å²) in [5.74, 6) is 0.450. The minimum absolute atomic E-state index is 0.151. The predicted molar refractivity (Wildman–Crippen MR) is 235 cm³/mol. The number of ether oxygens (including phenoxy) is 3. The quantitative estimate of drug-likeness (QED) is 0.0546. The van der Waals surface area contributed by atoms with Crippen molar-refractivity contribution < 1.29 is 38.2 Å². The first-order valence-electron chi connectivity index (χ1n) is 21.4. The average molecular weight is 873 g/mol. The molecule has 0 spiro atoms. The molecule has 4 heterocycles. The molecule has 2 aliphatic heterocycles. The summed E-state index contributed by atoms with van der Waals surface area (Å²) in [5, 5.41) is 20.1. The smallest absolute Gasteiger partial charge is 0.255 e. The summed E-state index contributed by atoms with van der Waals surface area (Å²) >= 11 is 0. The summed E-state index contributed by atoms with van der Waals surface area (Å²) in [5.41, 5.74) is 4.51. The largest absolute Gasteiger partial charge is 0.494 e. The molecule has 0 bridgehead atoms. The zero-order valence-corrected chi connectivity index (χ0v) is 35.9. The summed E-state index contributed by atoms with van der Waals surface area (Å²) < 4.78 is 19.1. The number of piperidine rings is 1. The number of anilines is 2. The highest BCUT2D eigenvalue weighted by molar-refractivity contribution is 6.07. The van der Waals surface area contributed by atoms with Gasteiger partial charge in [-0.1, -0.05) is 24.3 Å². The lowest BCUT2D eigenvalue weighted by Crippen LogP contribution is -2.52. The van der Waals surface area contributed by atoms with Crippen molar-refractivity contribution in [2.75, 3.05) is 43.7 Å². The Morgan fingerprint density at radius 3 is 2.52 bits per heavy atom. The molecule has 0 radical (unpaired) electrons. The fraction of sp³-hybridized carbons (Fsp3) is 0.370. The van der Waals surface area contributed by atoms with Crippen LogP contribution in [0.25, 0.3) is 11.5 Å². The average Bonchev–Trinajstić information content (AvgIpc) is 3.85. The van der Waals surface area contributed by atoms with E-state index in [1.54, 1.807) is 36.5 Å². The number of nitrogens with one attached hydrogen (secondary N) is 4. The number of rotatable bonds is 22. The van der Waals surface area contributed by atoms with E-state index in [0.717, 1.165) is 36.3 Å². The van der Waals surface area contributed by atoms with E-state index in [1.165, 1.54) is 11.2 Å². The van der Waals surface area contributed by atoms with Crippen LogP contribution in [0.4, 0.5) is 11.4 Å². The second kappa shape index (κ2) is 21.8. The number of aromatic nitrogens is 5. The van der Waals surface area contributed by atoms with E-state index in [1.807, 2.05) is 61.0 Å². The number of unbranched alkanes of at least 4 members (excludes halogenated alkanes) is 2. The maximum Gasteiger partial charge on any atom is 0.255 e. The van der Waals surface area contributed by atoms with Gasteiger partial charge in [-0.2, -0.15) is 0 Å². The minimum Gasteiger partial charge on any atom is -0.494 e. The number of amides is 5. The van der Waals surface area contributed by atoms with Crippen LogP contribution in [0, 0.1) is 0 Å². The molecule has 64 heavy (non-hydrogen) atoms. The van der Waals surface area contributed by atoms with Crippen LogP contribution in [-0.2, 0) is 44.0 Å². The molecule has 18 heteroatoms. The van der Waals surface area contributed by atoms with Crippen molar-refractivity contribution in [3.05, 3.63) is 113 Å². The van der Waals surface area contributed by atoms with Gasteiger partial charge in [-0.25, -0.2) is 9.97 Å². The first-order chi connectivity index (χ1) is 31.1. The Labute approximate surface area is 370 Å². The molecule has 18 nitrogen and oxygen atoms in total. The van der Waals surface area contributed by atoms with Crippen molar-refractivity contribution in [3.63, 3.8) is 0 Å². The van der Waals surface area contributed by atoms with E-state index < -0.39 is 11.9 Å². The maximum absolute atomic E-state index is 13.2. The molecule has 2 aliphatic rings. The molecule has 334 valence electrons. The molecular weight excluding hydrogens is 821 g/mol. The van der Waals surface area contributed by atoms with Gasteiger partial charge in [0.1, 0.15) is 30.4 Å². The van der Waals surface area contributed by atoms with Crippen LogP contribution in [0.15, 0.2) is 85.3 Å². The van der Waals surface area contributed by atoms with Crippen LogP contribution in [0.3, 0.4) is 0 Å². The zero-order valence-electron chi connectivity index (χ0n) is 35.9. The zero-order chi connectivity index (χ0) is 44.8. The monoisotopic (exact) mass is 872 g/mol. The second-order valence-corrected chi connectivity index (χ2v) is 15.5. The molecular formula is C46H52N10O8. The van der Waals surface area contributed by atoms with Crippen LogP contribution in [0.2, 0.25) is 0 Å². The van der Waals surface area contributed by atoms with Crippen molar-refractivity contribution >= 4 is 40.9 Å². The fourth-order valence-corrected chi connectivity index (χ4v) is 7.42. The van der Waals surface area contributed by atoms with E-state index in [4.69, 9.17) is 14.2 Å². The third kappa shape index (κ3) is 11.7. The molecule has 1 saturated heterocycles. The predicted octanol–water partition coefficient (Wildman–Crippen LogP) is 4.75. The highest BCUT2D eigenvalue weighted by atomic mass is 16.5. The third-order valence-electron chi connectivity index (χ3n) is 10.9. The molecule has 2 aromatic heterocycles. The minimum atomic E-state index is -0.728. The molecule has 4 N–H and O–H groups in total. The normalized spacial score (nSPS) is 15.1. The molecule has 3 aromatic carbocycles. The van der Waals surface area contributed by atoms with E-state index in [0.29, 0.717) is 79.1 Å². The van der Waals surface area contributed by atoms with Crippen LogP contribution < -0.4 is 26.0 Å². The maximum atomic E-state index is 13.2. The lowest BCUT2D eigenvalue weighted by Gasteiger charge is -2.29. The Bertz CT molecular complexity index is 2430. The molecule has 5 aromatic rings. The topological polar surface area (TPSA) is 221 Å². The van der Waals surface area contributed by atoms with Crippen LogP contribution in [0.1, 0.15) is 89.2 Å². The fourth-order valence-electron chi connectivity index (χ4n) is 7.42. The molecule has 5 amide bonds. The summed E-state index contributed by atoms with van der Waals surface area (Å²) in [6.45, 7) is 4.42. The number of imide groups is 1. The van der Waals surface area contributed by atoms with Gasteiger partial charge in [0.05, 0.1) is 19.2 Å². The third-order valence-corrected chi connectivity index (χ3v) is 10.9. The van der Waals surface area contributed by atoms with E-state index in [-0.39, 0.29) is 55.7 Å². The van der Waals surface area contributed by atoms with Crippen molar-refractivity contribution in [2.45, 2.75) is 70.6 Å². The number of carbonyl (C=O) groups is 5. The SMILES string of the molecule is C[C@H](NC(=O)c1cccc(NCc2nnc(-c3ccncn3)n2C)c1)c1ccc(OCCCCCOCCCOCC(=O)Nc2cccc3c2CN(C2CCC(=O)NC2=O)C3=O)cc1. The molecule has 0 saturated carbocycles. The summed E-state index contributed by atoms with van der Waals surface area (Å²) in [7, 11) is 1.88. The Hall–Kier alpha value is -7.05. The molecule has 1 fully saturated rings. The Morgan fingerprint density at radius 1 is 0.906 bits per heavy atom. The van der Waals surface area contributed by atoms with Gasteiger partial charge >= 0.3 is 0 Å². The van der Waals surface area contributed by atoms with Gasteiger partial charge in [-0.05, 0) is 93.1 Å². The van der Waals surface area contributed by atoms with Gasteiger partial charge in [-0.15, -0.1) is 10.2 Å². The summed E-state index contributed by atoms with van der Waals surface area (Å²) in [4.78, 5) is 72.4. The van der Waals surface area contributed by atoms with Crippen LogP contribution in [-0.4, -0.2) is 98.2 Å². The van der Waals surface area contributed by atoms with Crippen molar-refractivity contribution in [1.29, 1.82) is 0 Å². The van der Waals surface area contributed by atoms with Crippen molar-refractivity contribution in [1.82, 2.24) is 40.3 Å². The van der Waals surface area contributed by atoms with Gasteiger partial charge < -0.3 is 39.6 Å². The number of hydrogen-bond acceptors (Lipinski definition) is 13. The van der Waals surface area contributed by atoms with Crippen LogP contribution in [0.5, 0.6) is 5.75 Å². The number of fused-ring (bicyclic) bond motifs is 1. The number of carbonyl (C=O) groups excluding carboxylic acids is 5. The molecule has 7 rings (SSSR count). The lowest BCUT2D eigenvalue weighted by atomic mass is 10.0. The van der Waals surface area contributed by atoms with Gasteiger partial charge in [0, 0.05) is 74.1 Å². The van der Waals surface area contributed by atoms with Crippen molar-refractivity contribution in [2.24, 2.45) is 7.05 Å². The first-order valence-corrected chi connectivity index (χ1v) is 21.4. The Kier molecular flexibility index (Phi) is 15.4. The van der Waals surface area contributed by atoms with E-state index in [2.05, 4.69) is 41.4 Å². The van der Waals surface area contributed by atoms with E-state index in [9.17, 15) is 24.0 Å². The molecule has 2 atom stereocenters. The lowest BCUT2D eigenvalue weighted by molar-refractivity contribution is -0.137.